The van der Waals surface area contributed by atoms with E-state index in [0.29, 0.717) is 6.61 Å². The van der Waals surface area contributed by atoms with Gasteiger partial charge in [0, 0.05) is 6.20 Å². The summed E-state index contributed by atoms with van der Waals surface area (Å²) in [6.07, 6.45) is 1.60. The van der Waals surface area contributed by atoms with E-state index in [0.717, 1.165) is 5.56 Å². The number of hydrogen-bond donors (Lipinski definition) is 0. The van der Waals surface area contributed by atoms with Gasteiger partial charge in [-0.25, -0.2) is 9.78 Å². The Kier molecular flexibility index (Phi) is 5.35. The maximum atomic E-state index is 11.4. The van der Waals surface area contributed by atoms with E-state index < -0.39 is 14.3 Å². The second kappa shape index (κ2) is 6.24. The van der Waals surface area contributed by atoms with E-state index >= 15 is 0 Å². The van der Waals surface area contributed by atoms with Crippen molar-refractivity contribution >= 4 is 25.9 Å². The molecule has 0 aliphatic heterocycles. The number of aromatic nitrogens is 1. The van der Waals surface area contributed by atoms with E-state index in [9.17, 15) is 4.79 Å². The monoisotopic (exact) mass is 315 g/mol. The predicted molar refractivity (Wildman–Crippen MR) is 82.6 cm³/mol. The number of methoxy groups -OCH3 is 1. The van der Waals surface area contributed by atoms with Gasteiger partial charge in [-0.05, 0) is 29.8 Å². The molecule has 6 heteroatoms. The number of carbonyl (C=O) groups excluding carboxylic acids is 1. The van der Waals surface area contributed by atoms with Gasteiger partial charge in [0.05, 0.1) is 18.7 Å². The maximum absolute atomic E-state index is 11.4. The molecule has 112 valence electrons. The molecule has 0 atom stereocenters. The molecule has 0 unspecified atom stereocenters. The van der Waals surface area contributed by atoms with Crippen LogP contribution in [0.4, 0.5) is 0 Å². The first-order valence-electron chi connectivity index (χ1n) is 6.45. The van der Waals surface area contributed by atoms with Crippen LogP contribution in [0.1, 0.15) is 36.8 Å². The van der Waals surface area contributed by atoms with Gasteiger partial charge in [-0.15, -0.1) is 0 Å². The van der Waals surface area contributed by atoms with Gasteiger partial charge in [0.15, 0.2) is 14.0 Å². The van der Waals surface area contributed by atoms with Crippen molar-refractivity contribution in [2.45, 2.75) is 45.5 Å². The first-order valence-corrected chi connectivity index (χ1v) is 9.74. The zero-order valence-corrected chi connectivity index (χ0v) is 14.7. The molecule has 20 heavy (non-hydrogen) atoms. The summed E-state index contributed by atoms with van der Waals surface area (Å²) >= 11 is 6.04. The van der Waals surface area contributed by atoms with Gasteiger partial charge in [-0.2, -0.15) is 0 Å². The number of ether oxygens (including phenoxy) is 1. The van der Waals surface area contributed by atoms with Crippen LogP contribution in [0.25, 0.3) is 0 Å². The van der Waals surface area contributed by atoms with Crippen LogP contribution in [0.15, 0.2) is 12.3 Å². The summed E-state index contributed by atoms with van der Waals surface area (Å²) in [7, 11) is -0.509. The van der Waals surface area contributed by atoms with Crippen molar-refractivity contribution in [2.75, 3.05) is 7.11 Å². The molecular weight excluding hydrogens is 294 g/mol. The summed E-state index contributed by atoms with van der Waals surface area (Å²) in [5.74, 6) is -0.535. The molecule has 0 amide bonds. The summed E-state index contributed by atoms with van der Waals surface area (Å²) in [5.41, 5.74) is 0.984. The molecule has 0 N–H and O–H groups in total. The van der Waals surface area contributed by atoms with Crippen LogP contribution in [-0.4, -0.2) is 26.4 Å². The van der Waals surface area contributed by atoms with Crippen molar-refractivity contribution in [1.29, 1.82) is 0 Å². The Morgan fingerprint density at radius 2 is 2.00 bits per heavy atom. The molecule has 1 aromatic rings. The summed E-state index contributed by atoms with van der Waals surface area (Å²) in [6, 6.07) is 1.70. The molecule has 0 aliphatic carbocycles. The summed E-state index contributed by atoms with van der Waals surface area (Å²) in [5, 5.41) is 0.434. The van der Waals surface area contributed by atoms with Crippen molar-refractivity contribution in [3.05, 3.63) is 28.5 Å². The highest BCUT2D eigenvalue weighted by Gasteiger charge is 2.37. The Balaban J connectivity index is 2.81. The fraction of sp³-hybridized carbons (Fsp3) is 0.571. The number of halogens is 1. The maximum Gasteiger partial charge on any atom is 0.358 e. The molecule has 0 aromatic carbocycles. The number of pyridine rings is 1. The van der Waals surface area contributed by atoms with E-state index in [2.05, 4.69) is 43.6 Å². The van der Waals surface area contributed by atoms with Crippen molar-refractivity contribution in [3.63, 3.8) is 0 Å². The number of esters is 1. The molecule has 0 saturated carbocycles. The van der Waals surface area contributed by atoms with Crippen LogP contribution < -0.4 is 0 Å². The first kappa shape index (κ1) is 17.1. The highest BCUT2D eigenvalue weighted by molar-refractivity contribution is 6.74. The SMILES string of the molecule is COC(=O)c1ncc(CO[Si](C)(C)C(C)(C)C)cc1Cl. The van der Waals surface area contributed by atoms with Gasteiger partial charge in [0.1, 0.15) is 0 Å². The molecule has 0 spiro atoms. The topological polar surface area (TPSA) is 48.4 Å². The van der Waals surface area contributed by atoms with Gasteiger partial charge < -0.3 is 9.16 Å². The lowest BCUT2D eigenvalue weighted by Gasteiger charge is -2.36. The average Bonchev–Trinajstić information content (AvgIpc) is 2.34. The lowest BCUT2D eigenvalue weighted by molar-refractivity contribution is 0.0594. The quantitative estimate of drug-likeness (QED) is 0.621. The third-order valence-electron chi connectivity index (χ3n) is 3.68. The third kappa shape index (κ3) is 4.04. The van der Waals surface area contributed by atoms with Gasteiger partial charge in [0.25, 0.3) is 0 Å². The first-order chi connectivity index (χ1) is 9.08. The number of rotatable bonds is 4. The van der Waals surface area contributed by atoms with Crippen LogP contribution in [0, 0.1) is 0 Å². The standard InChI is InChI=1S/C14H22ClNO3Si/c1-14(2,3)20(5,6)19-9-10-7-11(15)12(16-8-10)13(17)18-4/h7-8H,9H2,1-6H3. The van der Waals surface area contributed by atoms with E-state index in [1.54, 1.807) is 12.3 Å². The van der Waals surface area contributed by atoms with Crippen molar-refractivity contribution in [2.24, 2.45) is 0 Å². The lowest BCUT2D eigenvalue weighted by atomic mass is 10.2. The molecular formula is C14H22ClNO3Si. The minimum Gasteiger partial charge on any atom is -0.464 e. The number of hydrogen-bond acceptors (Lipinski definition) is 4. The molecule has 0 fully saturated rings. The minimum absolute atomic E-state index is 0.130. The molecule has 1 heterocycles. The minimum atomic E-state index is -1.81. The Morgan fingerprint density at radius 3 is 2.45 bits per heavy atom. The van der Waals surface area contributed by atoms with Crippen molar-refractivity contribution in [3.8, 4) is 0 Å². The summed E-state index contributed by atoms with van der Waals surface area (Å²) in [6.45, 7) is 11.4. The van der Waals surface area contributed by atoms with E-state index in [-0.39, 0.29) is 15.8 Å². The predicted octanol–water partition coefficient (Wildman–Crippen LogP) is 4.04. The van der Waals surface area contributed by atoms with E-state index in [1.807, 2.05) is 0 Å². The molecule has 0 saturated heterocycles. The average molecular weight is 316 g/mol. The van der Waals surface area contributed by atoms with E-state index in [4.69, 9.17) is 16.0 Å². The van der Waals surface area contributed by atoms with Crippen LogP contribution in [0.5, 0.6) is 0 Å². The van der Waals surface area contributed by atoms with E-state index in [1.165, 1.54) is 7.11 Å². The molecule has 0 bridgehead atoms. The van der Waals surface area contributed by atoms with Crippen LogP contribution in [-0.2, 0) is 15.8 Å². The normalized spacial score (nSPS) is 12.3. The lowest BCUT2D eigenvalue weighted by Crippen LogP contribution is -2.40. The largest absolute Gasteiger partial charge is 0.464 e. The molecule has 0 aliphatic rings. The second-order valence-electron chi connectivity index (χ2n) is 6.21. The Bertz CT molecular complexity index is 498. The summed E-state index contributed by atoms with van der Waals surface area (Å²) in [4.78, 5) is 15.4. The van der Waals surface area contributed by atoms with Gasteiger partial charge >= 0.3 is 5.97 Å². The Morgan fingerprint density at radius 1 is 1.40 bits per heavy atom. The van der Waals surface area contributed by atoms with Crippen molar-refractivity contribution < 1.29 is 14.0 Å². The zero-order chi connectivity index (χ0) is 15.6. The second-order valence-corrected chi connectivity index (χ2v) is 11.4. The van der Waals surface area contributed by atoms with Gasteiger partial charge in [-0.1, -0.05) is 32.4 Å². The Hall–Kier alpha value is -0.913. The third-order valence-corrected chi connectivity index (χ3v) is 8.45. The fourth-order valence-electron chi connectivity index (χ4n) is 1.28. The molecule has 1 rings (SSSR count). The van der Waals surface area contributed by atoms with Gasteiger partial charge in [0.2, 0.25) is 0 Å². The van der Waals surface area contributed by atoms with Gasteiger partial charge in [-0.3, -0.25) is 0 Å². The Labute approximate surface area is 126 Å². The number of carbonyl (C=O) groups is 1. The zero-order valence-electron chi connectivity index (χ0n) is 12.9. The fourth-order valence-corrected chi connectivity index (χ4v) is 2.51. The molecule has 0 radical (unpaired) electrons. The highest BCUT2D eigenvalue weighted by Crippen LogP contribution is 2.37. The number of nitrogens with zero attached hydrogens (tertiary/aromatic N) is 1. The van der Waals surface area contributed by atoms with Crippen LogP contribution >= 0.6 is 11.6 Å². The molecule has 1 aromatic heterocycles. The summed E-state index contributed by atoms with van der Waals surface area (Å²) < 4.78 is 10.7. The van der Waals surface area contributed by atoms with Crippen LogP contribution in [0.2, 0.25) is 23.2 Å². The van der Waals surface area contributed by atoms with Crippen LogP contribution in [0.3, 0.4) is 0 Å². The highest BCUT2D eigenvalue weighted by atomic mass is 35.5. The van der Waals surface area contributed by atoms with Crippen molar-refractivity contribution in [1.82, 2.24) is 4.98 Å². The molecule has 4 nitrogen and oxygen atoms in total. The smallest absolute Gasteiger partial charge is 0.358 e.